The minimum Gasteiger partial charge on any atom is -0.455 e. The van der Waals surface area contributed by atoms with E-state index in [0.717, 1.165) is 56.0 Å². The SMILES string of the molecule is c1ccc(-c2nc(-c3ccccc3)nc(-c3cccc4c3-c3c(-c5ccccc5)oc(-c5ccccc5)c3C43c4ccccc4-c4ccccc43)n2)cc1. The molecular weight excluding hydrogens is 659 g/mol. The fraction of sp³-hybridized carbons (Fsp3) is 0.0200. The number of aromatic nitrogens is 3. The highest BCUT2D eigenvalue weighted by Gasteiger charge is 2.56. The topological polar surface area (TPSA) is 51.8 Å². The molecule has 0 radical (unpaired) electrons. The van der Waals surface area contributed by atoms with Crippen LogP contribution in [0.15, 0.2) is 192 Å². The van der Waals surface area contributed by atoms with Gasteiger partial charge in [-0.25, -0.2) is 15.0 Å². The van der Waals surface area contributed by atoms with E-state index >= 15 is 0 Å². The standard InChI is InChI=1S/C50H31N3O/c1-5-18-32(19-6-1)45-43-42-38(49-52-47(34-22-9-3-10-23-34)51-48(53-49)35-24-11-4-12-25-35)28-17-31-41(42)50(44(43)46(54-45)33-20-7-2-8-21-33)39-29-15-13-26-36(39)37-27-14-16-30-40(37)50/h1-31H. The molecule has 0 amide bonds. The third-order valence-corrected chi connectivity index (χ3v) is 11.0. The molecular formula is C50H31N3O. The van der Waals surface area contributed by atoms with Gasteiger partial charge in [0.05, 0.1) is 5.41 Å². The second-order valence-electron chi connectivity index (χ2n) is 13.8. The highest BCUT2D eigenvalue weighted by Crippen LogP contribution is 2.67. The minimum atomic E-state index is -0.660. The first-order valence-electron chi connectivity index (χ1n) is 18.3. The predicted octanol–water partition coefficient (Wildman–Crippen LogP) is 12.1. The number of rotatable bonds is 5. The summed E-state index contributed by atoms with van der Waals surface area (Å²) in [6.07, 6.45) is 0. The number of benzene rings is 7. The lowest BCUT2D eigenvalue weighted by atomic mass is 9.70. The van der Waals surface area contributed by atoms with Crippen molar-refractivity contribution in [2.45, 2.75) is 5.41 Å². The Morgan fingerprint density at radius 2 is 0.722 bits per heavy atom. The molecule has 2 heterocycles. The molecule has 11 rings (SSSR count). The Labute approximate surface area is 313 Å². The number of fused-ring (bicyclic) bond motifs is 10. The quantitative estimate of drug-likeness (QED) is 0.180. The predicted molar refractivity (Wildman–Crippen MR) is 216 cm³/mol. The third-order valence-electron chi connectivity index (χ3n) is 11.0. The molecule has 7 aromatic carbocycles. The number of nitrogens with zero attached hydrogens (tertiary/aromatic N) is 3. The molecule has 0 unspecified atom stereocenters. The van der Waals surface area contributed by atoms with E-state index in [9.17, 15) is 0 Å². The Morgan fingerprint density at radius 3 is 1.26 bits per heavy atom. The molecule has 0 saturated carbocycles. The molecule has 0 aliphatic heterocycles. The summed E-state index contributed by atoms with van der Waals surface area (Å²) in [5.74, 6) is 3.56. The average Bonchev–Trinajstić information content (AvgIpc) is 3.89. The lowest BCUT2D eigenvalue weighted by Crippen LogP contribution is -2.26. The Kier molecular flexibility index (Phi) is 6.73. The van der Waals surface area contributed by atoms with Gasteiger partial charge in [0, 0.05) is 44.5 Å². The van der Waals surface area contributed by atoms with Crippen LogP contribution in [0.25, 0.3) is 79.1 Å². The molecule has 4 heteroatoms. The lowest BCUT2D eigenvalue weighted by molar-refractivity contribution is 0.588. The molecule has 2 aliphatic rings. The van der Waals surface area contributed by atoms with Gasteiger partial charge >= 0.3 is 0 Å². The van der Waals surface area contributed by atoms with Gasteiger partial charge in [0.2, 0.25) is 0 Å². The van der Waals surface area contributed by atoms with Gasteiger partial charge in [-0.3, -0.25) is 0 Å². The monoisotopic (exact) mass is 689 g/mol. The van der Waals surface area contributed by atoms with E-state index in [2.05, 4.69) is 152 Å². The van der Waals surface area contributed by atoms with Gasteiger partial charge in [0.25, 0.3) is 0 Å². The molecule has 0 N–H and O–H groups in total. The van der Waals surface area contributed by atoms with Crippen LogP contribution in [0.3, 0.4) is 0 Å². The van der Waals surface area contributed by atoms with Crippen molar-refractivity contribution in [1.29, 1.82) is 0 Å². The highest BCUT2D eigenvalue weighted by atomic mass is 16.3. The largest absolute Gasteiger partial charge is 0.455 e. The van der Waals surface area contributed by atoms with Crippen LogP contribution in [0.2, 0.25) is 0 Å². The van der Waals surface area contributed by atoms with Crippen LogP contribution in [-0.4, -0.2) is 15.0 Å². The summed E-state index contributed by atoms with van der Waals surface area (Å²) in [6.45, 7) is 0. The van der Waals surface area contributed by atoms with Crippen molar-refractivity contribution in [1.82, 2.24) is 15.0 Å². The van der Waals surface area contributed by atoms with Crippen molar-refractivity contribution >= 4 is 0 Å². The highest BCUT2D eigenvalue weighted by molar-refractivity contribution is 6.05. The summed E-state index contributed by atoms with van der Waals surface area (Å²) in [6, 6.07) is 65.7. The summed E-state index contributed by atoms with van der Waals surface area (Å²) in [5.41, 5.74) is 13.6. The number of hydrogen-bond acceptors (Lipinski definition) is 4. The van der Waals surface area contributed by atoms with E-state index in [-0.39, 0.29) is 0 Å². The van der Waals surface area contributed by atoms with Gasteiger partial charge in [-0.15, -0.1) is 0 Å². The van der Waals surface area contributed by atoms with Crippen LogP contribution in [0.4, 0.5) is 0 Å². The van der Waals surface area contributed by atoms with Crippen molar-refractivity contribution in [3.63, 3.8) is 0 Å². The van der Waals surface area contributed by atoms with E-state index in [1.165, 1.54) is 27.8 Å². The van der Waals surface area contributed by atoms with Crippen LogP contribution in [0.1, 0.15) is 22.3 Å². The van der Waals surface area contributed by atoms with E-state index in [4.69, 9.17) is 19.4 Å². The van der Waals surface area contributed by atoms with Crippen molar-refractivity contribution in [2.24, 2.45) is 0 Å². The Balaban J connectivity index is 1.31. The van der Waals surface area contributed by atoms with Gasteiger partial charge in [0.1, 0.15) is 11.5 Å². The van der Waals surface area contributed by atoms with Gasteiger partial charge in [-0.2, -0.15) is 0 Å². The maximum Gasteiger partial charge on any atom is 0.164 e. The summed E-state index contributed by atoms with van der Waals surface area (Å²) < 4.78 is 7.26. The first-order chi connectivity index (χ1) is 26.8. The van der Waals surface area contributed by atoms with Gasteiger partial charge in [-0.05, 0) is 27.8 Å². The smallest absolute Gasteiger partial charge is 0.164 e. The van der Waals surface area contributed by atoms with E-state index in [1.807, 2.05) is 36.4 Å². The second-order valence-corrected chi connectivity index (χ2v) is 13.8. The van der Waals surface area contributed by atoms with E-state index < -0.39 is 5.41 Å². The van der Waals surface area contributed by atoms with Crippen LogP contribution >= 0.6 is 0 Å². The van der Waals surface area contributed by atoms with Gasteiger partial charge in [0.15, 0.2) is 17.5 Å². The van der Waals surface area contributed by atoms with Crippen molar-refractivity contribution in [3.05, 3.63) is 210 Å². The molecule has 4 nitrogen and oxygen atoms in total. The Hall–Kier alpha value is -7.17. The summed E-state index contributed by atoms with van der Waals surface area (Å²) in [4.78, 5) is 15.6. The Bertz CT molecular complexity index is 2760. The first-order valence-corrected chi connectivity index (χ1v) is 18.3. The molecule has 9 aromatic rings. The van der Waals surface area contributed by atoms with Crippen LogP contribution in [-0.2, 0) is 5.41 Å². The van der Waals surface area contributed by atoms with Crippen molar-refractivity contribution in [2.75, 3.05) is 0 Å². The normalized spacial score (nSPS) is 13.0. The third kappa shape index (κ3) is 4.34. The van der Waals surface area contributed by atoms with Crippen LogP contribution in [0.5, 0.6) is 0 Å². The summed E-state index contributed by atoms with van der Waals surface area (Å²) >= 11 is 0. The summed E-state index contributed by atoms with van der Waals surface area (Å²) in [7, 11) is 0. The van der Waals surface area contributed by atoms with Gasteiger partial charge in [-0.1, -0.05) is 188 Å². The average molecular weight is 690 g/mol. The number of hydrogen-bond donors (Lipinski definition) is 0. The molecule has 2 aromatic heterocycles. The lowest BCUT2D eigenvalue weighted by Gasteiger charge is -2.30. The number of furan rings is 1. The Morgan fingerprint density at radius 1 is 0.315 bits per heavy atom. The molecule has 54 heavy (non-hydrogen) atoms. The second kappa shape index (κ2) is 11.9. The first kappa shape index (κ1) is 30.5. The van der Waals surface area contributed by atoms with E-state index in [1.54, 1.807) is 0 Å². The van der Waals surface area contributed by atoms with Crippen LogP contribution in [0, 0.1) is 0 Å². The fourth-order valence-corrected chi connectivity index (χ4v) is 8.79. The zero-order valence-corrected chi connectivity index (χ0v) is 29.1. The zero-order valence-electron chi connectivity index (χ0n) is 29.1. The minimum absolute atomic E-state index is 0.614. The maximum absolute atomic E-state index is 7.26. The van der Waals surface area contributed by atoms with Crippen molar-refractivity contribution in [3.8, 4) is 79.1 Å². The van der Waals surface area contributed by atoms with Crippen molar-refractivity contribution < 1.29 is 4.42 Å². The van der Waals surface area contributed by atoms with Crippen LogP contribution < -0.4 is 0 Å². The molecule has 0 atom stereocenters. The molecule has 0 fully saturated rings. The molecule has 252 valence electrons. The summed E-state index contributed by atoms with van der Waals surface area (Å²) in [5, 5.41) is 0. The maximum atomic E-state index is 7.26. The molecule has 0 saturated heterocycles. The fourth-order valence-electron chi connectivity index (χ4n) is 8.79. The molecule has 2 aliphatic carbocycles. The molecule has 0 bridgehead atoms. The zero-order chi connectivity index (χ0) is 35.6. The molecule has 1 spiro atoms. The van der Waals surface area contributed by atoms with E-state index in [0.29, 0.717) is 17.5 Å². The van der Waals surface area contributed by atoms with Gasteiger partial charge < -0.3 is 4.42 Å².